The van der Waals surface area contributed by atoms with Crippen LogP contribution in [0.15, 0.2) is 0 Å². The molecule has 0 spiro atoms. The van der Waals surface area contributed by atoms with Gasteiger partial charge < -0.3 is 16.6 Å². The summed E-state index contributed by atoms with van der Waals surface area (Å²) >= 11 is 0. The first-order valence-electron chi connectivity index (χ1n) is 2.04. The summed E-state index contributed by atoms with van der Waals surface area (Å²) in [5.74, 6) is -1.12. The van der Waals surface area contributed by atoms with Gasteiger partial charge in [-0.2, -0.15) is 0 Å². The van der Waals surface area contributed by atoms with E-state index >= 15 is 0 Å². The molecule has 0 aromatic rings. The maximum atomic E-state index is 9.81. The molecule has 0 heterocycles. The van der Waals surface area contributed by atoms with E-state index in [0.717, 1.165) is 0 Å². The normalized spacial score (nSPS) is 5.60. The quantitative estimate of drug-likeness (QED) is 0.169. The fraction of sp³-hybridized carbons (Fsp3) is 0.400. The Balaban J connectivity index is -0.000000149. The Labute approximate surface area is 102 Å². The van der Waals surface area contributed by atoms with Gasteiger partial charge in [0.05, 0.1) is 0 Å². The van der Waals surface area contributed by atoms with E-state index in [1.54, 1.807) is 0 Å². The Kier molecular flexibility index (Phi) is 20.0. The summed E-state index contributed by atoms with van der Waals surface area (Å²) in [6.07, 6.45) is 0. The van der Waals surface area contributed by atoms with Gasteiger partial charge in [-0.15, -0.1) is 0 Å². The van der Waals surface area contributed by atoms with Gasteiger partial charge in [0.1, 0.15) is 0 Å². The van der Waals surface area contributed by atoms with Crippen molar-refractivity contribution in [2.24, 2.45) is 0 Å². The summed E-state index contributed by atoms with van der Waals surface area (Å²) in [6, 6.07) is 0. The molecule has 0 aliphatic heterocycles. The van der Waals surface area contributed by atoms with Crippen LogP contribution in [0.1, 0.15) is 13.8 Å². The van der Waals surface area contributed by atoms with Gasteiger partial charge in [0.15, 0.2) is 0 Å². The molecule has 0 bridgehead atoms. The molecule has 0 atom stereocenters. The summed E-state index contributed by atoms with van der Waals surface area (Å²) in [6.45, 7) is 7.11. The molecule has 4 nitrogen and oxygen atoms in total. The summed E-state index contributed by atoms with van der Waals surface area (Å²) in [5, 5.41) is 6.25. The van der Waals surface area contributed by atoms with Gasteiger partial charge in [-0.1, -0.05) is 0 Å². The minimum absolute atomic E-state index is 0. The van der Waals surface area contributed by atoms with E-state index in [0.29, 0.717) is 0 Å². The molecule has 0 aromatic carbocycles. The fourth-order valence-corrected chi connectivity index (χ4v) is 0.202. The molecule has 0 N–H and O–H groups in total. The van der Waals surface area contributed by atoms with E-state index in [9.17, 15) is 9.59 Å². The van der Waals surface area contributed by atoms with E-state index in [4.69, 9.17) is 11.8 Å². The zero-order valence-corrected chi connectivity index (χ0v) is 9.30. The van der Waals surface area contributed by atoms with Crippen LogP contribution in [0, 0.1) is 11.8 Å². The van der Waals surface area contributed by atoms with Crippen molar-refractivity contribution in [3.8, 4) is 0 Å². The molecule has 10 heavy (non-hydrogen) atoms. The molecule has 0 unspecified atom stereocenters. The Bertz CT molecular complexity index is 120. The van der Waals surface area contributed by atoms with Crippen molar-refractivity contribution in [3.05, 3.63) is 6.57 Å². The van der Waals surface area contributed by atoms with Gasteiger partial charge in [-0.3, -0.25) is 9.59 Å². The van der Waals surface area contributed by atoms with Crippen molar-refractivity contribution in [2.45, 2.75) is 13.8 Å². The zero-order valence-electron chi connectivity index (χ0n) is 6.17. The number of carbonyl (C=O) groups is 2. The minimum atomic E-state index is -0.562. The maximum absolute atomic E-state index is 9.81. The average molecular weight is 167 g/mol. The second kappa shape index (κ2) is 12.0. The number of esters is 2. The molecule has 0 aliphatic carbocycles. The summed E-state index contributed by atoms with van der Waals surface area (Å²) in [5.41, 5.74) is 0. The monoisotopic (exact) mass is 167 g/mol. The van der Waals surface area contributed by atoms with E-state index in [1.165, 1.54) is 13.8 Å². The topological polar surface area (TPSA) is 67.2 Å². The van der Waals surface area contributed by atoms with Gasteiger partial charge in [0.2, 0.25) is 0 Å². The Morgan fingerprint density at radius 3 is 1.40 bits per heavy atom. The Morgan fingerprint density at radius 2 is 1.40 bits per heavy atom. The number of nitrogens with zero attached hydrogens (tertiary/aromatic N) is 1. The van der Waals surface area contributed by atoms with Gasteiger partial charge in [0.25, 0.3) is 0 Å². The minimum Gasteiger partial charge on any atom is -0.512 e. The Morgan fingerprint density at radius 1 is 1.20 bits per heavy atom. The summed E-state index contributed by atoms with van der Waals surface area (Å²) in [7, 11) is 0. The van der Waals surface area contributed by atoms with Gasteiger partial charge in [0, 0.05) is 13.8 Å². The number of ether oxygens (including phenoxy) is 1. The Hall–Kier alpha value is 0.266. The van der Waals surface area contributed by atoms with Crippen molar-refractivity contribution >= 4 is 11.9 Å². The molecule has 5 heteroatoms. The third-order valence-electron chi connectivity index (χ3n) is 0.287. The first-order valence-corrected chi connectivity index (χ1v) is 2.04. The van der Waals surface area contributed by atoms with Gasteiger partial charge in [-0.05, 0) is 0 Å². The average Bonchev–Trinajstić information content (AvgIpc) is 1.68. The third-order valence-corrected chi connectivity index (χ3v) is 0.287. The van der Waals surface area contributed by atoms with Crippen molar-refractivity contribution in [1.29, 1.82) is 5.26 Å². The second-order valence-corrected chi connectivity index (χ2v) is 1.09. The van der Waals surface area contributed by atoms with Crippen molar-refractivity contribution in [2.75, 3.05) is 0 Å². The van der Waals surface area contributed by atoms with E-state index in [2.05, 4.69) is 4.74 Å². The summed E-state index contributed by atoms with van der Waals surface area (Å²) in [4.78, 5) is 19.6. The SMILES string of the molecule is CC(=O)OC(C)=O.[C-]#N.[K+]. The van der Waals surface area contributed by atoms with Crippen LogP contribution in [0.4, 0.5) is 0 Å². The number of hydrogen-bond acceptors (Lipinski definition) is 4. The molecule has 0 fully saturated rings. The predicted molar refractivity (Wildman–Crippen MR) is 27.4 cm³/mol. The number of rotatable bonds is 0. The summed E-state index contributed by atoms with van der Waals surface area (Å²) < 4.78 is 3.97. The molecule has 0 saturated heterocycles. The molecule has 50 valence electrons. The van der Waals surface area contributed by atoms with Crippen LogP contribution in [-0.2, 0) is 14.3 Å². The zero-order chi connectivity index (χ0) is 7.86. The maximum Gasteiger partial charge on any atom is 1.00 e. The van der Waals surface area contributed by atoms with Crippen molar-refractivity contribution in [3.63, 3.8) is 0 Å². The molecule has 0 rings (SSSR count). The molecule has 0 aromatic heterocycles. The number of carbonyl (C=O) groups excluding carboxylic acids is 2. The smallest absolute Gasteiger partial charge is 0.512 e. The van der Waals surface area contributed by atoms with Gasteiger partial charge >= 0.3 is 63.3 Å². The van der Waals surface area contributed by atoms with Gasteiger partial charge in [-0.25, -0.2) is 0 Å². The molecule has 0 amide bonds. The van der Waals surface area contributed by atoms with Crippen LogP contribution >= 0.6 is 0 Å². The molecular formula is C5H6KNO3. The molecule has 0 saturated carbocycles. The predicted octanol–water partition coefficient (Wildman–Crippen LogP) is -2.80. The molecule has 0 radical (unpaired) electrons. The van der Waals surface area contributed by atoms with Crippen molar-refractivity contribution in [1.82, 2.24) is 0 Å². The van der Waals surface area contributed by atoms with Crippen LogP contribution in [0.25, 0.3) is 0 Å². The third kappa shape index (κ3) is 24.0. The van der Waals surface area contributed by atoms with Crippen LogP contribution < -0.4 is 51.4 Å². The fourth-order valence-electron chi connectivity index (χ4n) is 0.202. The van der Waals surface area contributed by atoms with Crippen LogP contribution in [-0.4, -0.2) is 11.9 Å². The van der Waals surface area contributed by atoms with Crippen LogP contribution in [0.5, 0.6) is 0 Å². The van der Waals surface area contributed by atoms with E-state index < -0.39 is 11.9 Å². The standard InChI is InChI=1S/C4H6O3.CN.K/c1-3(5)7-4(2)6;1-2;/h1-2H3;;/q;-1;+1. The largest absolute Gasteiger partial charge is 1.00 e. The first-order chi connectivity index (χ1) is 4.13. The molecular weight excluding hydrogens is 161 g/mol. The molecule has 0 aliphatic rings. The first kappa shape index (κ1) is 16.7. The van der Waals surface area contributed by atoms with Crippen LogP contribution in [0.3, 0.4) is 0 Å². The van der Waals surface area contributed by atoms with Crippen molar-refractivity contribution < 1.29 is 65.7 Å². The van der Waals surface area contributed by atoms with E-state index in [-0.39, 0.29) is 51.4 Å². The van der Waals surface area contributed by atoms with Crippen LogP contribution in [0.2, 0.25) is 0 Å². The second-order valence-electron chi connectivity index (χ2n) is 1.09. The number of hydrogen-bond donors (Lipinski definition) is 0. The van der Waals surface area contributed by atoms with E-state index in [1.807, 2.05) is 0 Å².